The zero-order chi connectivity index (χ0) is 22.4. The molecule has 2 aromatic heterocycles. The number of aliphatic hydroxyl groups excluding tert-OH is 2. The van der Waals surface area contributed by atoms with Crippen molar-refractivity contribution in [3.8, 4) is 11.5 Å². The highest BCUT2D eigenvalue weighted by Gasteiger charge is 2.32. The van der Waals surface area contributed by atoms with Crippen molar-refractivity contribution in [2.75, 3.05) is 17.7 Å². The topological polar surface area (TPSA) is 126 Å². The number of aryl methyl sites for hydroxylation is 1. The van der Waals surface area contributed by atoms with E-state index in [2.05, 4.69) is 20.3 Å². The van der Waals surface area contributed by atoms with E-state index in [9.17, 15) is 18.3 Å². The lowest BCUT2D eigenvalue weighted by Gasteiger charge is -2.11. The quantitative estimate of drug-likeness (QED) is 0.425. The van der Waals surface area contributed by atoms with Crippen molar-refractivity contribution in [2.24, 2.45) is 0 Å². The molecule has 164 valence electrons. The number of benzene rings is 1. The highest BCUT2D eigenvalue weighted by Crippen LogP contribution is 2.31. The first-order valence-electron chi connectivity index (χ1n) is 9.23. The Hall–Kier alpha value is -3.44. The molecule has 0 aliphatic rings. The normalized spacial score (nSPS) is 12.4. The van der Waals surface area contributed by atoms with Crippen LogP contribution in [0.15, 0.2) is 48.7 Å². The van der Waals surface area contributed by atoms with Gasteiger partial charge in [-0.15, -0.1) is 0 Å². The largest absolute Gasteiger partial charge is 0.457 e. The first-order chi connectivity index (χ1) is 14.7. The summed E-state index contributed by atoms with van der Waals surface area (Å²) in [5.74, 6) is 0.835. The van der Waals surface area contributed by atoms with E-state index in [0.717, 1.165) is 12.3 Å². The van der Waals surface area contributed by atoms with Crippen molar-refractivity contribution in [3.05, 3.63) is 60.0 Å². The second kappa shape index (κ2) is 9.58. The zero-order valence-corrected chi connectivity index (χ0v) is 16.2. The summed E-state index contributed by atoms with van der Waals surface area (Å²) in [7, 11) is 0. The first kappa shape index (κ1) is 22.2. The monoisotopic (exact) mass is 435 g/mol. The smallest absolute Gasteiger partial charge is 0.433 e. The van der Waals surface area contributed by atoms with Crippen molar-refractivity contribution in [3.63, 3.8) is 0 Å². The predicted molar refractivity (Wildman–Crippen MR) is 107 cm³/mol. The minimum atomic E-state index is -4.55. The molecule has 0 amide bonds. The van der Waals surface area contributed by atoms with Gasteiger partial charge in [0, 0.05) is 29.7 Å². The molecule has 31 heavy (non-hydrogen) atoms. The van der Waals surface area contributed by atoms with Gasteiger partial charge in [0.05, 0.1) is 12.7 Å². The zero-order valence-electron chi connectivity index (χ0n) is 16.2. The minimum Gasteiger partial charge on any atom is -0.457 e. The molecule has 3 rings (SSSR count). The van der Waals surface area contributed by atoms with Crippen molar-refractivity contribution >= 4 is 17.5 Å². The number of rotatable bonds is 8. The molecule has 5 N–H and O–H groups in total. The third kappa shape index (κ3) is 6.52. The van der Waals surface area contributed by atoms with E-state index < -0.39 is 18.0 Å². The van der Waals surface area contributed by atoms with Gasteiger partial charge in [-0.25, -0.2) is 4.98 Å². The van der Waals surface area contributed by atoms with Crippen LogP contribution in [-0.4, -0.2) is 37.9 Å². The highest BCUT2D eigenvalue weighted by atomic mass is 19.4. The van der Waals surface area contributed by atoms with Gasteiger partial charge in [-0.2, -0.15) is 18.2 Å². The molecule has 1 unspecified atom stereocenters. The maximum Gasteiger partial charge on any atom is 0.433 e. The van der Waals surface area contributed by atoms with E-state index in [0.29, 0.717) is 35.8 Å². The molecule has 1 atom stereocenters. The fourth-order valence-corrected chi connectivity index (χ4v) is 2.64. The molecule has 11 heteroatoms. The van der Waals surface area contributed by atoms with E-state index in [1.54, 1.807) is 30.3 Å². The van der Waals surface area contributed by atoms with Crippen LogP contribution >= 0.6 is 0 Å². The van der Waals surface area contributed by atoms with Gasteiger partial charge < -0.3 is 26.0 Å². The van der Waals surface area contributed by atoms with Crippen LogP contribution in [0.2, 0.25) is 0 Å². The molecule has 0 aliphatic heterocycles. The molecular weight excluding hydrogens is 415 g/mol. The molecule has 0 radical (unpaired) electrons. The Bertz CT molecular complexity index is 1020. The van der Waals surface area contributed by atoms with Gasteiger partial charge in [-0.05, 0) is 43.2 Å². The third-order valence-electron chi connectivity index (χ3n) is 4.13. The molecule has 0 bridgehead atoms. The van der Waals surface area contributed by atoms with Crippen LogP contribution in [0.5, 0.6) is 11.5 Å². The fraction of sp³-hybridized carbons (Fsp3) is 0.250. The summed E-state index contributed by atoms with van der Waals surface area (Å²) < 4.78 is 43.7. The standard InChI is InChI=1S/C20H20F3N5O3/c21-20(22,23)17-10-16(7-8-25-17)31-15-5-2-12(3-6-15)26-18-9-13(27-19(24)28-18)1-4-14(30)11-29/h2-3,5-10,14,29-30H,1,4,11H2,(H3,24,26,27,28). The number of hydrogen-bond donors (Lipinski definition) is 4. The molecular formula is C20H20F3N5O3. The fourth-order valence-electron chi connectivity index (χ4n) is 2.64. The van der Waals surface area contributed by atoms with E-state index >= 15 is 0 Å². The number of hydrogen-bond acceptors (Lipinski definition) is 8. The number of nitrogens with zero attached hydrogens (tertiary/aromatic N) is 3. The van der Waals surface area contributed by atoms with Crippen LogP contribution in [0, 0.1) is 0 Å². The molecule has 0 saturated heterocycles. The number of alkyl halides is 3. The molecule has 0 spiro atoms. The van der Waals surface area contributed by atoms with Gasteiger partial charge in [-0.3, -0.25) is 4.98 Å². The lowest BCUT2D eigenvalue weighted by Crippen LogP contribution is -2.13. The van der Waals surface area contributed by atoms with Gasteiger partial charge in [0.2, 0.25) is 5.95 Å². The number of ether oxygens (including phenoxy) is 1. The Morgan fingerprint density at radius 2 is 1.81 bits per heavy atom. The van der Waals surface area contributed by atoms with E-state index in [1.807, 2.05) is 0 Å². The second-order valence-corrected chi connectivity index (χ2v) is 6.60. The van der Waals surface area contributed by atoms with Gasteiger partial charge in [-0.1, -0.05) is 0 Å². The molecule has 8 nitrogen and oxygen atoms in total. The summed E-state index contributed by atoms with van der Waals surface area (Å²) in [6.45, 7) is -0.336. The molecule has 1 aromatic carbocycles. The number of anilines is 3. The maximum absolute atomic E-state index is 12.8. The van der Waals surface area contributed by atoms with Gasteiger partial charge >= 0.3 is 6.18 Å². The van der Waals surface area contributed by atoms with Gasteiger partial charge in [0.25, 0.3) is 0 Å². The Kier molecular flexibility index (Phi) is 6.88. The Morgan fingerprint density at radius 1 is 1.06 bits per heavy atom. The van der Waals surface area contributed by atoms with Crippen LogP contribution in [0.3, 0.4) is 0 Å². The number of aliphatic hydroxyl groups is 2. The summed E-state index contributed by atoms with van der Waals surface area (Å²) in [6.07, 6.45) is -3.63. The van der Waals surface area contributed by atoms with E-state index in [-0.39, 0.29) is 18.3 Å². The van der Waals surface area contributed by atoms with Crippen LogP contribution in [-0.2, 0) is 12.6 Å². The summed E-state index contributed by atoms with van der Waals surface area (Å²) in [4.78, 5) is 11.5. The molecule has 0 fully saturated rings. The SMILES string of the molecule is Nc1nc(CCC(O)CO)cc(Nc2ccc(Oc3ccnc(C(F)(F)F)c3)cc2)n1. The summed E-state index contributed by atoms with van der Waals surface area (Å²) in [5.41, 5.74) is 5.92. The summed E-state index contributed by atoms with van der Waals surface area (Å²) >= 11 is 0. The average Bonchev–Trinajstić information content (AvgIpc) is 2.72. The summed E-state index contributed by atoms with van der Waals surface area (Å²) in [5, 5.41) is 21.4. The van der Waals surface area contributed by atoms with Crippen molar-refractivity contribution in [1.82, 2.24) is 15.0 Å². The van der Waals surface area contributed by atoms with Crippen molar-refractivity contribution in [2.45, 2.75) is 25.1 Å². The van der Waals surface area contributed by atoms with E-state index in [1.165, 1.54) is 6.07 Å². The van der Waals surface area contributed by atoms with Crippen molar-refractivity contribution < 1.29 is 28.1 Å². The predicted octanol–water partition coefficient (Wildman–Crippen LogP) is 3.29. The number of nitrogen functional groups attached to an aromatic ring is 1. The Morgan fingerprint density at radius 3 is 2.48 bits per heavy atom. The van der Waals surface area contributed by atoms with Gasteiger partial charge in [0.15, 0.2) is 0 Å². The number of nitrogens with two attached hydrogens (primary N) is 1. The van der Waals surface area contributed by atoms with Crippen LogP contribution < -0.4 is 15.8 Å². The van der Waals surface area contributed by atoms with Gasteiger partial charge in [0.1, 0.15) is 23.0 Å². The Labute approximate surface area is 175 Å². The number of pyridine rings is 1. The molecule has 3 aromatic rings. The number of halogens is 3. The average molecular weight is 435 g/mol. The lowest BCUT2D eigenvalue weighted by molar-refractivity contribution is -0.141. The molecule has 2 heterocycles. The second-order valence-electron chi connectivity index (χ2n) is 6.60. The maximum atomic E-state index is 12.8. The van der Waals surface area contributed by atoms with E-state index in [4.69, 9.17) is 15.6 Å². The lowest BCUT2D eigenvalue weighted by atomic mass is 10.1. The van der Waals surface area contributed by atoms with Crippen LogP contribution in [0.25, 0.3) is 0 Å². The number of aromatic nitrogens is 3. The van der Waals surface area contributed by atoms with Crippen LogP contribution in [0.1, 0.15) is 17.8 Å². The highest BCUT2D eigenvalue weighted by molar-refractivity contribution is 5.58. The third-order valence-corrected chi connectivity index (χ3v) is 4.13. The Balaban J connectivity index is 1.66. The minimum absolute atomic E-state index is 0.0151. The summed E-state index contributed by atoms with van der Waals surface area (Å²) in [6, 6.07) is 10.3. The molecule has 0 saturated carbocycles. The van der Waals surface area contributed by atoms with Crippen molar-refractivity contribution in [1.29, 1.82) is 0 Å². The molecule has 0 aliphatic carbocycles. The van der Waals surface area contributed by atoms with Crippen LogP contribution in [0.4, 0.5) is 30.6 Å². The first-order valence-corrected chi connectivity index (χ1v) is 9.23. The number of nitrogens with one attached hydrogen (secondary N) is 1.